The molecule has 1 aliphatic heterocycles. The molecule has 0 amide bonds. The number of nitrogens with zero attached hydrogens (tertiary/aromatic N) is 2. The van der Waals surface area contributed by atoms with Gasteiger partial charge in [0.15, 0.2) is 0 Å². The van der Waals surface area contributed by atoms with Crippen LogP contribution in [0, 0.1) is 0 Å². The Balaban J connectivity index is 1.42. The number of pyridine rings is 1. The third kappa shape index (κ3) is 9.35. The normalized spacial score (nSPS) is 18.0. The van der Waals surface area contributed by atoms with Crippen molar-refractivity contribution < 1.29 is 4.74 Å². The van der Waals surface area contributed by atoms with E-state index < -0.39 is 0 Å². The zero-order valence-corrected chi connectivity index (χ0v) is 18.3. The van der Waals surface area contributed by atoms with Crippen molar-refractivity contribution in [1.29, 1.82) is 0 Å². The molecule has 1 fully saturated rings. The molecule has 0 spiro atoms. The molecule has 164 valence electrons. The Hall–Kier alpha value is -1.79. The average Bonchev–Trinajstić information content (AvgIpc) is 2.78. The van der Waals surface area contributed by atoms with Crippen LogP contribution in [0.15, 0.2) is 48.7 Å². The molecule has 30 heavy (non-hydrogen) atoms. The van der Waals surface area contributed by atoms with Crippen molar-refractivity contribution in [2.75, 3.05) is 52.5 Å². The number of benzene rings is 1. The fourth-order valence-electron chi connectivity index (χ4n) is 3.78. The zero-order valence-electron chi connectivity index (χ0n) is 18.3. The van der Waals surface area contributed by atoms with Crippen LogP contribution >= 0.6 is 0 Å². The minimum absolute atomic E-state index is 0.866. The third-order valence-corrected chi connectivity index (χ3v) is 5.55. The lowest BCUT2D eigenvalue weighted by Gasteiger charge is -2.23. The van der Waals surface area contributed by atoms with E-state index in [9.17, 15) is 0 Å². The molecule has 1 aromatic carbocycles. The van der Waals surface area contributed by atoms with Gasteiger partial charge in [-0.05, 0) is 68.5 Å². The van der Waals surface area contributed by atoms with Crippen molar-refractivity contribution in [1.82, 2.24) is 20.5 Å². The molecule has 0 radical (unpaired) electrons. The summed E-state index contributed by atoms with van der Waals surface area (Å²) in [7, 11) is 0. The van der Waals surface area contributed by atoms with E-state index in [1.165, 1.54) is 16.8 Å². The summed E-state index contributed by atoms with van der Waals surface area (Å²) >= 11 is 0. The van der Waals surface area contributed by atoms with Gasteiger partial charge in [-0.25, -0.2) is 0 Å². The topological polar surface area (TPSA) is 49.4 Å². The maximum atomic E-state index is 5.64. The number of aromatic nitrogens is 1. The molecule has 0 aliphatic carbocycles. The van der Waals surface area contributed by atoms with E-state index in [-0.39, 0.29) is 0 Å². The molecule has 2 heterocycles. The lowest BCUT2D eigenvalue weighted by Crippen LogP contribution is -2.37. The molecule has 5 heteroatoms. The summed E-state index contributed by atoms with van der Waals surface area (Å²) in [5.74, 6) is 0. The highest BCUT2D eigenvalue weighted by Gasteiger charge is 2.07. The summed E-state index contributed by atoms with van der Waals surface area (Å²) in [6.45, 7) is 9.05. The molecule has 1 aromatic heterocycles. The summed E-state index contributed by atoms with van der Waals surface area (Å²) in [6.07, 6.45) is 7.36. The van der Waals surface area contributed by atoms with E-state index in [4.69, 9.17) is 4.74 Å². The number of hydrogen-bond acceptors (Lipinski definition) is 5. The van der Waals surface area contributed by atoms with Crippen LogP contribution < -0.4 is 10.6 Å². The average molecular weight is 411 g/mol. The molecular weight excluding hydrogens is 372 g/mol. The second-order valence-electron chi connectivity index (χ2n) is 8.09. The molecular formula is C25H38N4O. The van der Waals surface area contributed by atoms with Crippen LogP contribution in [0.2, 0.25) is 0 Å². The monoisotopic (exact) mass is 410 g/mol. The molecule has 0 atom stereocenters. The summed E-state index contributed by atoms with van der Waals surface area (Å²) < 4.78 is 5.64. The van der Waals surface area contributed by atoms with Gasteiger partial charge in [0, 0.05) is 57.8 Å². The molecule has 2 N–H and O–H groups in total. The summed E-state index contributed by atoms with van der Waals surface area (Å²) in [5, 5.41) is 7.11. The van der Waals surface area contributed by atoms with Crippen molar-refractivity contribution in [2.45, 2.75) is 38.6 Å². The molecule has 0 bridgehead atoms. The minimum Gasteiger partial charge on any atom is -0.381 e. The minimum atomic E-state index is 0.866. The van der Waals surface area contributed by atoms with Crippen molar-refractivity contribution in [2.24, 2.45) is 0 Å². The largest absolute Gasteiger partial charge is 0.381 e. The lowest BCUT2D eigenvalue weighted by atomic mass is 10.0. The van der Waals surface area contributed by atoms with Crippen LogP contribution in [-0.2, 0) is 24.1 Å². The Morgan fingerprint density at radius 1 is 0.800 bits per heavy atom. The van der Waals surface area contributed by atoms with E-state index in [0.717, 1.165) is 91.1 Å². The van der Waals surface area contributed by atoms with Gasteiger partial charge in [-0.15, -0.1) is 0 Å². The fourth-order valence-corrected chi connectivity index (χ4v) is 3.78. The van der Waals surface area contributed by atoms with Crippen LogP contribution in [0.3, 0.4) is 0 Å². The number of aryl methyl sites for hydroxylation is 2. The number of nitrogens with one attached hydrogen (secondary N) is 2. The molecule has 2 aromatic rings. The quantitative estimate of drug-likeness (QED) is 0.767. The molecule has 5 nitrogen and oxygen atoms in total. The zero-order chi connectivity index (χ0) is 20.7. The molecule has 0 saturated carbocycles. The van der Waals surface area contributed by atoms with E-state index >= 15 is 0 Å². The first-order chi connectivity index (χ1) is 14.9. The van der Waals surface area contributed by atoms with Gasteiger partial charge in [-0.2, -0.15) is 0 Å². The predicted octanol–water partition coefficient (Wildman–Crippen LogP) is 3.05. The van der Waals surface area contributed by atoms with Gasteiger partial charge < -0.3 is 15.4 Å². The van der Waals surface area contributed by atoms with Gasteiger partial charge in [0.2, 0.25) is 0 Å². The fraction of sp³-hybridized carbons (Fsp3) is 0.560. The van der Waals surface area contributed by atoms with Crippen LogP contribution in [0.1, 0.15) is 36.1 Å². The van der Waals surface area contributed by atoms with Crippen molar-refractivity contribution in [3.8, 4) is 0 Å². The Morgan fingerprint density at radius 2 is 1.50 bits per heavy atom. The Morgan fingerprint density at radius 3 is 2.17 bits per heavy atom. The van der Waals surface area contributed by atoms with Gasteiger partial charge in [0.05, 0.1) is 0 Å². The first kappa shape index (κ1) is 22.9. The predicted molar refractivity (Wildman–Crippen MR) is 124 cm³/mol. The molecule has 1 aliphatic rings. The summed E-state index contributed by atoms with van der Waals surface area (Å²) in [5.41, 5.74) is 4.00. The van der Waals surface area contributed by atoms with Gasteiger partial charge in [-0.3, -0.25) is 9.88 Å². The van der Waals surface area contributed by atoms with Crippen molar-refractivity contribution in [3.63, 3.8) is 0 Å². The van der Waals surface area contributed by atoms with E-state index in [1.807, 2.05) is 12.3 Å². The maximum Gasteiger partial charge on any atom is 0.0478 e. The second kappa shape index (κ2) is 14.3. The standard InChI is InChI=1S/C25H38N4O/c1-2-15-28-25(7-1)8-3-6-23-9-11-24(12-10-23)22-29-18-16-26-13-4-20-30-21-5-14-27-17-19-29/h1-2,7,9-12,15,26-27H,3-6,8,13-14,16-22H2. The molecule has 3 rings (SSSR count). The van der Waals surface area contributed by atoms with Crippen LogP contribution in [0.25, 0.3) is 0 Å². The first-order valence-electron chi connectivity index (χ1n) is 11.6. The molecule has 1 saturated heterocycles. The van der Waals surface area contributed by atoms with Gasteiger partial charge in [0.1, 0.15) is 0 Å². The first-order valence-corrected chi connectivity index (χ1v) is 11.6. The number of hydrogen-bond donors (Lipinski definition) is 2. The maximum absolute atomic E-state index is 5.64. The van der Waals surface area contributed by atoms with Gasteiger partial charge in [-0.1, -0.05) is 30.3 Å². The van der Waals surface area contributed by atoms with Crippen LogP contribution in [0.5, 0.6) is 0 Å². The van der Waals surface area contributed by atoms with Crippen molar-refractivity contribution in [3.05, 3.63) is 65.5 Å². The second-order valence-corrected chi connectivity index (χ2v) is 8.09. The van der Waals surface area contributed by atoms with Crippen molar-refractivity contribution >= 4 is 0 Å². The van der Waals surface area contributed by atoms with Gasteiger partial charge >= 0.3 is 0 Å². The number of ether oxygens (including phenoxy) is 1. The Labute approximate surface area is 182 Å². The van der Waals surface area contributed by atoms with E-state index in [0.29, 0.717) is 0 Å². The Kier molecular flexibility index (Phi) is 10.9. The van der Waals surface area contributed by atoms with Gasteiger partial charge in [0.25, 0.3) is 0 Å². The SMILES string of the molecule is c1ccc(CCCc2ccc(CN3CCNCCCOCCCNCC3)cc2)nc1. The smallest absolute Gasteiger partial charge is 0.0478 e. The molecule has 0 unspecified atom stereocenters. The van der Waals surface area contributed by atoms with E-state index in [2.05, 4.69) is 56.9 Å². The highest BCUT2D eigenvalue weighted by molar-refractivity contribution is 5.22. The third-order valence-electron chi connectivity index (χ3n) is 5.55. The number of rotatable bonds is 6. The van der Waals surface area contributed by atoms with E-state index in [1.54, 1.807) is 0 Å². The highest BCUT2D eigenvalue weighted by Crippen LogP contribution is 2.11. The highest BCUT2D eigenvalue weighted by atomic mass is 16.5. The summed E-state index contributed by atoms with van der Waals surface area (Å²) in [4.78, 5) is 6.97. The summed E-state index contributed by atoms with van der Waals surface area (Å²) in [6, 6.07) is 15.4. The lowest BCUT2D eigenvalue weighted by molar-refractivity contribution is 0.128. The Bertz CT molecular complexity index is 663. The van der Waals surface area contributed by atoms with Crippen LogP contribution in [-0.4, -0.2) is 62.4 Å². The van der Waals surface area contributed by atoms with Crippen LogP contribution in [0.4, 0.5) is 0 Å².